The van der Waals surface area contributed by atoms with E-state index in [4.69, 9.17) is 14.2 Å². The fourth-order valence-corrected chi connectivity index (χ4v) is 3.86. The molecule has 0 saturated carbocycles. The molecule has 1 aliphatic rings. The Morgan fingerprint density at radius 2 is 1.62 bits per heavy atom. The van der Waals surface area contributed by atoms with E-state index in [1.54, 1.807) is 42.5 Å². The number of amides is 1. The smallest absolute Gasteiger partial charge is 0.338 e. The van der Waals surface area contributed by atoms with Gasteiger partial charge >= 0.3 is 5.97 Å². The van der Waals surface area contributed by atoms with Crippen LogP contribution in [0.2, 0.25) is 0 Å². The number of hydrogen-bond acceptors (Lipinski definition) is 7. The number of nitrogens with one attached hydrogen (secondary N) is 2. The van der Waals surface area contributed by atoms with E-state index in [1.807, 2.05) is 6.07 Å². The zero-order valence-electron chi connectivity index (χ0n) is 17.8. The molecule has 0 aliphatic carbocycles. The number of ether oxygens (including phenoxy) is 3. The monoisotopic (exact) mass is 480 g/mol. The highest BCUT2D eigenvalue weighted by molar-refractivity contribution is 7.95. The van der Waals surface area contributed by atoms with Gasteiger partial charge in [0, 0.05) is 17.4 Å². The lowest BCUT2D eigenvalue weighted by atomic mass is 10.2. The van der Waals surface area contributed by atoms with Crippen LogP contribution in [0.5, 0.6) is 11.5 Å². The second-order valence-corrected chi connectivity index (χ2v) is 8.70. The summed E-state index contributed by atoms with van der Waals surface area (Å²) in [5, 5.41) is 3.66. The maximum absolute atomic E-state index is 12.2. The highest BCUT2D eigenvalue weighted by atomic mass is 32.2. The van der Waals surface area contributed by atoms with Gasteiger partial charge in [0.25, 0.3) is 15.9 Å². The first-order valence-electron chi connectivity index (χ1n) is 10.1. The Morgan fingerprint density at radius 3 is 2.38 bits per heavy atom. The van der Waals surface area contributed by atoms with Gasteiger partial charge < -0.3 is 19.5 Å². The molecule has 0 spiro atoms. The van der Waals surface area contributed by atoms with E-state index >= 15 is 0 Å². The summed E-state index contributed by atoms with van der Waals surface area (Å²) in [4.78, 5) is 24.3. The molecule has 1 heterocycles. The number of anilines is 2. The second-order valence-electron chi connectivity index (χ2n) is 7.13. The van der Waals surface area contributed by atoms with Gasteiger partial charge in [0.05, 0.1) is 11.0 Å². The Hall–Kier alpha value is -4.31. The van der Waals surface area contributed by atoms with E-state index in [0.717, 1.165) is 11.0 Å². The largest absolute Gasteiger partial charge is 0.454 e. The van der Waals surface area contributed by atoms with Gasteiger partial charge in [0.1, 0.15) is 0 Å². The molecule has 174 valence electrons. The van der Waals surface area contributed by atoms with Crippen molar-refractivity contribution in [1.82, 2.24) is 0 Å². The molecule has 2 N–H and O–H groups in total. The number of hydrogen-bond donors (Lipinski definition) is 2. The summed E-state index contributed by atoms with van der Waals surface area (Å²) in [6, 6.07) is 19.6. The number of benzene rings is 3. The lowest BCUT2D eigenvalue weighted by Crippen LogP contribution is -2.20. The van der Waals surface area contributed by atoms with Crippen molar-refractivity contribution in [1.29, 1.82) is 0 Å². The first-order chi connectivity index (χ1) is 16.4. The van der Waals surface area contributed by atoms with Crippen LogP contribution in [0.3, 0.4) is 0 Å². The first-order valence-corrected chi connectivity index (χ1v) is 11.7. The number of sulfonamides is 1. The van der Waals surface area contributed by atoms with Crippen LogP contribution in [-0.4, -0.2) is 33.7 Å². The summed E-state index contributed by atoms with van der Waals surface area (Å²) >= 11 is 0. The van der Waals surface area contributed by atoms with Gasteiger partial charge in [-0.25, -0.2) is 13.2 Å². The summed E-state index contributed by atoms with van der Waals surface area (Å²) in [7, 11) is -3.74. The number of fused-ring (bicyclic) bond motifs is 1. The van der Waals surface area contributed by atoms with Crippen LogP contribution in [0.15, 0.2) is 78.2 Å². The first kappa shape index (κ1) is 22.9. The topological polar surface area (TPSA) is 120 Å². The molecule has 0 atom stereocenters. The molecule has 3 aromatic carbocycles. The molecular weight excluding hydrogens is 460 g/mol. The van der Waals surface area contributed by atoms with Gasteiger partial charge in [0.15, 0.2) is 18.1 Å². The van der Waals surface area contributed by atoms with Gasteiger partial charge in [0.2, 0.25) is 6.79 Å². The van der Waals surface area contributed by atoms with Crippen LogP contribution in [0.4, 0.5) is 11.4 Å². The van der Waals surface area contributed by atoms with Crippen LogP contribution in [0.1, 0.15) is 15.9 Å². The van der Waals surface area contributed by atoms with E-state index in [1.165, 1.54) is 30.3 Å². The van der Waals surface area contributed by atoms with Crippen molar-refractivity contribution in [3.8, 4) is 11.5 Å². The minimum absolute atomic E-state index is 0.120. The highest BCUT2D eigenvalue weighted by Crippen LogP contribution is 2.34. The summed E-state index contributed by atoms with van der Waals surface area (Å²) in [6.07, 6.45) is 1.47. The fraction of sp³-hybridized carbons (Fsp3) is 0.0833. The summed E-state index contributed by atoms with van der Waals surface area (Å²) in [5.41, 5.74) is 1.66. The zero-order valence-corrected chi connectivity index (χ0v) is 18.6. The fourth-order valence-electron chi connectivity index (χ4n) is 2.99. The molecule has 0 radical (unpaired) electrons. The van der Waals surface area contributed by atoms with Gasteiger partial charge in [-0.05, 0) is 48.0 Å². The van der Waals surface area contributed by atoms with Crippen molar-refractivity contribution < 1.29 is 32.2 Å². The maximum atomic E-state index is 12.2. The van der Waals surface area contributed by atoms with E-state index < -0.39 is 28.5 Å². The Labute approximate surface area is 196 Å². The quantitative estimate of drug-likeness (QED) is 0.473. The summed E-state index contributed by atoms with van der Waals surface area (Å²) in [6.45, 7) is -0.374. The van der Waals surface area contributed by atoms with Crippen molar-refractivity contribution >= 4 is 39.4 Å². The van der Waals surface area contributed by atoms with Crippen molar-refractivity contribution in [2.75, 3.05) is 23.4 Å². The molecule has 34 heavy (non-hydrogen) atoms. The van der Waals surface area contributed by atoms with E-state index in [2.05, 4.69) is 10.0 Å². The molecule has 9 nitrogen and oxygen atoms in total. The molecule has 0 saturated heterocycles. The van der Waals surface area contributed by atoms with Gasteiger partial charge in [-0.2, -0.15) is 0 Å². The Morgan fingerprint density at radius 1 is 0.912 bits per heavy atom. The number of rotatable bonds is 8. The predicted molar refractivity (Wildman–Crippen MR) is 126 cm³/mol. The normalized spacial score (nSPS) is 12.4. The highest BCUT2D eigenvalue weighted by Gasteiger charge is 2.15. The van der Waals surface area contributed by atoms with E-state index in [-0.39, 0.29) is 18.0 Å². The van der Waals surface area contributed by atoms with Gasteiger partial charge in [-0.15, -0.1) is 0 Å². The Bertz CT molecular complexity index is 1320. The zero-order chi connectivity index (χ0) is 24.0. The van der Waals surface area contributed by atoms with Crippen molar-refractivity contribution in [3.63, 3.8) is 0 Å². The molecule has 0 bridgehead atoms. The van der Waals surface area contributed by atoms with Crippen LogP contribution in [0, 0.1) is 0 Å². The molecule has 0 aromatic heterocycles. The molecule has 0 fully saturated rings. The third kappa shape index (κ3) is 6.14. The third-order valence-corrected chi connectivity index (χ3v) is 5.63. The van der Waals surface area contributed by atoms with Crippen LogP contribution < -0.4 is 19.5 Å². The minimum atomic E-state index is -3.74. The molecule has 1 aliphatic heterocycles. The van der Waals surface area contributed by atoms with Crippen molar-refractivity contribution in [2.45, 2.75) is 0 Å². The maximum Gasteiger partial charge on any atom is 0.338 e. The number of carbonyl (C=O) groups excluding carboxylic acids is 2. The third-order valence-electron chi connectivity index (χ3n) is 4.61. The molecule has 10 heteroatoms. The lowest BCUT2D eigenvalue weighted by Gasteiger charge is -2.08. The molecule has 1 amide bonds. The van der Waals surface area contributed by atoms with Crippen molar-refractivity contribution in [2.24, 2.45) is 0 Å². The molecule has 3 aromatic rings. The standard InChI is InChI=1S/C24H20N2O7S/c27-23(25-20-10-11-21-22(14-20)33-16-32-21)15-31-24(28)18-6-8-19(9-7-18)26-34(29,30)13-12-17-4-2-1-3-5-17/h1-14,26H,15-16H2,(H,25,27)/b13-12+. The summed E-state index contributed by atoms with van der Waals surface area (Å²) in [5.74, 6) is -0.149. The lowest BCUT2D eigenvalue weighted by molar-refractivity contribution is -0.119. The SMILES string of the molecule is O=C(COC(=O)c1ccc(NS(=O)(=O)/C=C/c2ccccc2)cc1)Nc1ccc2c(c1)OCO2. The van der Waals surface area contributed by atoms with Crippen LogP contribution >= 0.6 is 0 Å². The average molecular weight is 480 g/mol. The van der Waals surface area contributed by atoms with E-state index in [0.29, 0.717) is 17.2 Å². The minimum Gasteiger partial charge on any atom is -0.454 e. The Balaban J connectivity index is 1.28. The molecule has 4 rings (SSSR count). The van der Waals surface area contributed by atoms with Crippen LogP contribution in [-0.2, 0) is 19.6 Å². The number of esters is 1. The molecule has 0 unspecified atom stereocenters. The average Bonchev–Trinajstić information content (AvgIpc) is 3.30. The van der Waals surface area contributed by atoms with E-state index in [9.17, 15) is 18.0 Å². The van der Waals surface area contributed by atoms with Crippen molar-refractivity contribution in [3.05, 3.63) is 89.3 Å². The predicted octanol–water partition coefficient (Wildman–Crippen LogP) is 3.62. The van der Waals surface area contributed by atoms with Gasteiger partial charge in [-0.3, -0.25) is 9.52 Å². The Kier molecular flexibility index (Phi) is 6.79. The van der Waals surface area contributed by atoms with Crippen LogP contribution in [0.25, 0.3) is 6.08 Å². The molecular formula is C24H20N2O7S. The summed E-state index contributed by atoms with van der Waals surface area (Å²) < 4.78 is 42.3. The van der Waals surface area contributed by atoms with Gasteiger partial charge in [-0.1, -0.05) is 30.3 Å². The second kappa shape index (κ2) is 10.1. The number of carbonyl (C=O) groups is 2.